The fourth-order valence-electron chi connectivity index (χ4n) is 2.79. The van der Waals surface area contributed by atoms with Gasteiger partial charge in [0.1, 0.15) is 0 Å². The number of halogens is 1. The molecule has 30 heavy (non-hydrogen) atoms. The second kappa shape index (κ2) is 10.5. The molecule has 0 spiro atoms. The van der Waals surface area contributed by atoms with E-state index in [0.29, 0.717) is 35.5 Å². The summed E-state index contributed by atoms with van der Waals surface area (Å²) in [7, 11) is 1.54. The van der Waals surface area contributed by atoms with E-state index < -0.39 is 0 Å². The third-order valence-electron chi connectivity index (χ3n) is 4.18. The molecule has 0 aliphatic carbocycles. The molecule has 3 rings (SSSR count). The van der Waals surface area contributed by atoms with E-state index in [9.17, 15) is 4.79 Å². The van der Waals surface area contributed by atoms with E-state index in [-0.39, 0.29) is 5.91 Å². The first-order valence-corrected chi connectivity index (χ1v) is 9.89. The number of aryl methyl sites for hydroxylation is 2. The summed E-state index contributed by atoms with van der Waals surface area (Å²) in [6.07, 6.45) is 7.41. The van der Waals surface area contributed by atoms with Gasteiger partial charge in [0.25, 0.3) is 0 Å². The van der Waals surface area contributed by atoms with Crippen molar-refractivity contribution in [3.05, 3.63) is 71.1 Å². The summed E-state index contributed by atoms with van der Waals surface area (Å²) >= 11 is 6.26. The van der Waals surface area contributed by atoms with Crippen LogP contribution < -0.4 is 14.8 Å². The number of benzene rings is 1. The Morgan fingerprint density at radius 3 is 2.90 bits per heavy atom. The molecule has 8 heteroatoms. The molecular formula is C22H23ClN4O3. The van der Waals surface area contributed by atoms with E-state index in [2.05, 4.69) is 15.4 Å². The molecule has 0 saturated heterocycles. The first-order valence-electron chi connectivity index (χ1n) is 9.51. The van der Waals surface area contributed by atoms with Crippen molar-refractivity contribution in [2.24, 2.45) is 0 Å². The van der Waals surface area contributed by atoms with Crippen molar-refractivity contribution < 1.29 is 14.3 Å². The predicted molar refractivity (Wildman–Crippen MR) is 117 cm³/mol. The number of nitrogens with one attached hydrogen (secondary N) is 1. The average molecular weight is 427 g/mol. The minimum Gasteiger partial charge on any atom is -0.493 e. The number of anilines is 1. The number of methoxy groups -OCH3 is 1. The van der Waals surface area contributed by atoms with Crippen LogP contribution in [0.4, 0.5) is 5.82 Å². The van der Waals surface area contributed by atoms with Crippen molar-refractivity contribution in [3.63, 3.8) is 0 Å². The molecule has 7 nitrogen and oxygen atoms in total. The van der Waals surface area contributed by atoms with Crippen LogP contribution in [0.1, 0.15) is 18.2 Å². The lowest BCUT2D eigenvalue weighted by molar-refractivity contribution is -0.111. The Balaban J connectivity index is 1.58. The van der Waals surface area contributed by atoms with Crippen molar-refractivity contribution in [2.45, 2.75) is 19.9 Å². The quantitative estimate of drug-likeness (QED) is 0.518. The summed E-state index contributed by atoms with van der Waals surface area (Å²) in [5.74, 6) is 1.18. The topological polar surface area (TPSA) is 78.3 Å². The van der Waals surface area contributed by atoms with Crippen LogP contribution in [0.3, 0.4) is 0 Å². The SMILES string of the molecule is CCOc1c(Cl)cc(C=CC(=O)Nc2ccn(CCc3ccccn3)n2)cc1OC. The standard InChI is InChI=1S/C22H23ClN4O3/c1-3-30-22-18(23)14-16(15-19(22)29-2)7-8-21(28)25-20-10-13-27(26-20)12-9-17-6-4-5-11-24-17/h4-8,10-11,13-15H,3,9,12H2,1-2H3,(H,25,26,28). The van der Waals surface area contributed by atoms with E-state index in [1.54, 1.807) is 42.3 Å². The number of aromatic nitrogens is 3. The number of carbonyl (C=O) groups excluding carboxylic acids is 1. The van der Waals surface area contributed by atoms with Gasteiger partial charge >= 0.3 is 0 Å². The first kappa shape index (κ1) is 21.4. The maximum absolute atomic E-state index is 12.2. The maximum Gasteiger partial charge on any atom is 0.249 e. The molecule has 2 aromatic heterocycles. The van der Waals surface area contributed by atoms with E-state index in [1.165, 1.54) is 6.08 Å². The van der Waals surface area contributed by atoms with Crippen molar-refractivity contribution in [2.75, 3.05) is 19.0 Å². The Hall–Kier alpha value is -3.32. The molecule has 1 N–H and O–H groups in total. The molecule has 0 atom stereocenters. The minimum atomic E-state index is -0.297. The van der Waals surface area contributed by atoms with Gasteiger partial charge in [0.2, 0.25) is 5.91 Å². The highest BCUT2D eigenvalue weighted by molar-refractivity contribution is 6.32. The summed E-state index contributed by atoms with van der Waals surface area (Å²) in [6.45, 7) is 3.02. The van der Waals surface area contributed by atoms with Gasteiger partial charge in [-0.3, -0.25) is 14.5 Å². The highest BCUT2D eigenvalue weighted by atomic mass is 35.5. The largest absolute Gasteiger partial charge is 0.493 e. The Labute approximate surface area is 180 Å². The summed E-state index contributed by atoms with van der Waals surface area (Å²) < 4.78 is 12.6. The lowest BCUT2D eigenvalue weighted by atomic mass is 10.2. The number of pyridine rings is 1. The highest BCUT2D eigenvalue weighted by Gasteiger charge is 2.11. The Kier molecular flexibility index (Phi) is 7.45. The van der Waals surface area contributed by atoms with Gasteiger partial charge in [0, 0.05) is 43.2 Å². The number of hydrogen-bond acceptors (Lipinski definition) is 5. The van der Waals surface area contributed by atoms with Crippen LogP contribution in [0.15, 0.2) is 54.9 Å². The fourth-order valence-corrected chi connectivity index (χ4v) is 3.06. The van der Waals surface area contributed by atoms with Gasteiger partial charge in [-0.2, -0.15) is 5.10 Å². The zero-order chi connectivity index (χ0) is 21.3. The molecule has 1 amide bonds. The van der Waals surface area contributed by atoms with Crippen LogP contribution in [0, 0.1) is 0 Å². The maximum atomic E-state index is 12.2. The van der Waals surface area contributed by atoms with Crippen LogP contribution in [-0.4, -0.2) is 34.4 Å². The number of ether oxygens (including phenoxy) is 2. The third kappa shape index (κ3) is 5.84. The highest BCUT2D eigenvalue weighted by Crippen LogP contribution is 2.36. The number of carbonyl (C=O) groups is 1. The monoisotopic (exact) mass is 426 g/mol. The molecule has 2 heterocycles. The Morgan fingerprint density at radius 1 is 1.30 bits per heavy atom. The molecule has 1 aromatic carbocycles. The minimum absolute atomic E-state index is 0.297. The van der Waals surface area contributed by atoms with E-state index >= 15 is 0 Å². The van der Waals surface area contributed by atoms with Crippen molar-refractivity contribution in [1.82, 2.24) is 14.8 Å². The fraction of sp³-hybridized carbons (Fsp3) is 0.227. The normalized spacial score (nSPS) is 10.9. The molecule has 0 bridgehead atoms. The first-order chi connectivity index (χ1) is 14.6. The third-order valence-corrected chi connectivity index (χ3v) is 4.46. The zero-order valence-corrected chi connectivity index (χ0v) is 17.6. The van der Waals surface area contributed by atoms with E-state index in [0.717, 1.165) is 17.7 Å². The van der Waals surface area contributed by atoms with E-state index in [4.69, 9.17) is 21.1 Å². The average Bonchev–Trinajstić information content (AvgIpc) is 3.20. The lowest BCUT2D eigenvalue weighted by Gasteiger charge is -2.11. The number of rotatable bonds is 9. The molecular weight excluding hydrogens is 404 g/mol. The lowest BCUT2D eigenvalue weighted by Crippen LogP contribution is -2.09. The van der Waals surface area contributed by atoms with Crippen LogP contribution in [0.5, 0.6) is 11.5 Å². The van der Waals surface area contributed by atoms with Crippen LogP contribution in [-0.2, 0) is 17.8 Å². The van der Waals surface area contributed by atoms with Crippen LogP contribution in [0.2, 0.25) is 5.02 Å². The number of hydrogen-bond donors (Lipinski definition) is 1. The van der Waals surface area contributed by atoms with Gasteiger partial charge in [-0.25, -0.2) is 0 Å². The van der Waals surface area contributed by atoms with E-state index in [1.807, 2.05) is 31.3 Å². The van der Waals surface area contributed by atoms with Gasteiger partial charge in [-0.05, 0) is 42.8 Å². The number of nitrogens with zero attached hydrogens (tertiary/aromatic N) is 3. The molecule has 3 aromatic rings. The number of amides is 1. The summed E-state index contributed by atoms with van der Waals surface area (Å²) in [5.41, 5.74) is 1.71. The molecule has 0 fully saturated rings. The van der Waals surface area contributed by atoms with Gasteiger partial charge in [0.15, 0.2) is 17.3 Å². The van der Waals surface area contributed by atoms with Gasteiger partial charge in [0.05, 0.1) is 18.7 Å². The van der Waals surface area contributed by atoms with Crippen LogP contribution >= 0.6 is 11.6 Å². The van der Waals surface area contributed by atoms with Gasteiger partial charge in [-0.15, -0.1) is 0 Å². The predicted octanol–water partition coefficient (Wildman–Crippen LogP) is 4.23. The van der Waals surface area contributed by atoms with Gasteiger partial charge < -0.3 is 14.8 Å². The Bertz CT molecular complexity index is 1020. The molecule has 0 radical (unpaired) electrons. The second-order valence-electron chi connectivity index (χ2n) is 6.32. The van der Waals surface area contributed by atoms with Crippen molar-refractivity contribution in [1.29, 1.82) is 0 Å². The molecule has 0 aliphatic rings. The smallest absolute Gasteiger partial charge is 0.249 e. The summed E-state index contributed by atoms with van der Waals surface area (Å²) in [5, 5.41) is 7.52. The molecule has 0 saturated carbocycles. The Morgan fingerprint density at radius 2 is 2.17 bits per heavy atom. The van der Waals surface area contributed by atoms with Crippen molar-refractivity contribution in [3.8, 4) is 11.5 Å². The molecule has 0 aliphatic heterocycles. The molecule has 156 valence electrons. The van der Waals surface area contributed by atoms with Crippen LogP contribution in [0.25, 0.3) is 6.08 Å². The summed E-state index contributed by atoms with van der Waals surface area (Å²) in [6, 6.07) is 11.0. The molecule has 0 unspecified atom stereocenters. The zero-order valence-electron chi connectivity index (χ0n) is 16.8. The van der Waals surface area contributed by atoms with Crippen molar-refractivity contribution >= 4 is 29.4 Å². The van der Waals surface area contributed by atoms with Gasteiger partial charge in [-0.1, -0.05) is 17.7 Å². The second-order valence-corrected chi connectivity index (χ2v) is 6.73. The summed E-state index contributed by atoms with van der Waals surface area (Å²) in [4.78, 5) is 16.5.